The molecule has 0 saturated heterocycles. The van der Waals surface area contributed by atoms with Gasteiger partial charge in [-0.1, -0.05) is 29.8 Å². The number of allylic oxidation sites excluding steroid dienone is 1. The first-order valence-corrected chi connectivity index (χ1v) is 5.59. The summed E-state index contributed by atoms with van der Waals surface area (Å²) in [4.78, 5) is 21.6. The number of carbonyl (C=O) groups excluding carboxylic acids is 1. The third-order valence-electron chi connectivity index (χ3n) is 2.53. The highest BCUT2D eigenvalue weighted by Crippen LogP contribution is 2.17. The number of hydrogen-bond acceptors (Lipinski definition) is 4. The molecule has 0 atom stereocenters. The molecule has 0 fully saturated rings. The quantitative estimate of drug-likeness (QED) is 0.364. The average molecular weight is 257 g/mol. The Morgan fingerprint density at radius 2 is 1.89 bits per heavy atom. The Bertz CT molecular complexity index is 638. The minimum absolute atomic E-state index is 0.181. The summed E-state index contributed by atoms with van der Waals surface area (Å²) < 4.78 is 4.91. The summed E-state index contributed by atoms with van der Waals surface area (Å²) in [5.41, 5.74) is 1.63. The zero-order valence-corrected chi connectivity index (χ0v) is 10.2. The standard InChI is InChI=1S/C14H11NO4/c1-10-2-4-11(5-3-10)13(16)8-6-12-7-9-14(19-12)15(17)18/h2-9H,1H3/b8-6+. The van der Waals surface area contributed by atoms with E-state index in [2.05, 4.69) is 0 Å². The molecule has 0 amide bonds. The molecule has 0 aliphatic rings. The van der Waals surface area contributed by atoms with Crippen LogP contribution < -0.4 is 0 Å². The summed E-state index contributed by atoms with van der Waals surface area (Å²) in [6, 6.07) is 9.84. The molecule has 2 rings (SSSR count). The summed E-state index contributed by atoms with van der Waals surface area (Å²) in [6.07, 6.45) is 2.74. The van der Waals surface area contributed by atoms with Gasteiger partial charge in [0.25, 0.3) is 0 Å². The number of ketones is 1. The van der Waals surface area contributed by atoms with Crippen molar-refractivity contribution in [2.24, 2.45) is 0 Å². The van der Waals surface area contributed by atoms with Crippen LogP contribution in [0.25, 0.3) is 6.08 Å². The summed E-state index contributed by atoms with van der Waals surface area (Å²) >= 11 is 0. The lowest BCUT2D eigenvalue weighted by atomic mass is 10.1. The molecular formula is C14H11NO4. The highest BCUT2D eigenvalue weighted by molar-refractivity contribution is 6.06. The lowest BCUT2D eigenvalue weighted by Gasteiger charge is -1.95. The maximum absolute atomic E-state index is 11.8. The molecule has 0 radical (unpaired) electrons. The van der Waals surface area contributed by atoms with Crippen LogP contribution in [0.15, 0.2) is 46.9 Å². The number of benzene rings is 1. The summed E-state index contributed by atoms with van der Waals surface area (Å²) in [7, 11) is 0. The van der Waals surface area contributed by atoms with Crippen molar-refractivity contribution in [2.75, 3.05) is 0 Å². The zero-order chi connectivity index (χ0) is 13.8. The van der Waals surface area contributed by atoms with Gasteiger partial charge in [-0.05, 0) is 25.1 Å². The molecule has 1 aromatic heterocycles. The SMILES string of the molecule is Cc1ccc(C(=O)/C=C/c2ccc([N+](=O)[O-])o2)cc1. The molecular weight excluding hydrogens is 246 g/mol. The largest absolute Gasteiger partial charge is 0.433 e. The summed E-state index contributed by atoms with van der Waals surface area (Å²) in [5.74, 6) is -0.256. The van der Waals surface area contributed by atoms with E-state index in [9.17, 15) is 14.9 Å². The minimum Gasteiger partial charge on any atom is -0.401 e. The van der Waals surface area contributed by atoms with E-state index in [0.717, 1.165) is 5.56 Å². The lowest BCUT2D eigenvalue weighted by Crippen LogP contribution is -1.93. The number of nitrogens with zero attached hydrogens (tertiary/aromatic N) is 1. The number of aryl methyl sites for hydroxylation is 1. The fourth-order valence-corrected chi connectivity index (χ4v) is 1.50. The molecule has 0 saturated carbocycles. The first-order chi connectivity index (χ1) is 9.06. The Kier molecular flexibility index (Phi) is 3.56. The highest BCUT2D eigenvalue weighted by Gasteiger charge is 2.10. The van der Waals surface area contributed by atoms with Gasteiger partial charge in [-0.25, -0.2) is 0 Å². The van der Waals surface area contributed by atoms with Crippen LogP contribution in [-0.2, 0) is 0 Å². The van der Waals surface area contributed by atoms with Crippen molar-refractivity contribution in [3.8, 4) is 0 Å². The Labute approximate surface area is 109 Å². The number of nitro groups is 1. The van der Waals surface area contributed by atoms with E-state index < -0.39 is 4.92 Å². The highest BCUT2D eigenvalue weighted by atomic mass is 16.6. The van der Waals surface area contributed by atoms with Crippen molar-refractivity contribution in [1.29, 1.82) is 0 Å². The van der Waals surface area contributed by atoms with Crippen molar-refractivity contribution >= 4 is 17.7 Å². The molecule has 0 unspecified atom stereocenters. The van der Waals surface area contributed by atoms with E-state index in [4.69, 9.17) is 4.42 Å². The number of hydrogen-bond donors (Lipinski definition) is 0. The molecule has 0 aliphatic carbocycles. The normalized spacial score (nSPS) is 10.8. The second kappa shape index (κ2) is 5.30. The molecule has 5 heteroatoms. The van der Waals surface area contributed by atoms with Gasteiger partial charge >= 0.3 is 5.88 Å². The second-order valence-corrected chi connectivity index (χ2v) is 4.00. The predicted octanol–water partition coefficient (Wildman–Crippen LogP) is 3.39. The molecule has 96 valence electrons. The van der Waals surface area contributed by atoms with Crippen LogP contribution in [0.4, 0.5) is 5.88 Å². The fourth-order valence-electron chi connectivity index (χ4n) is 1.50. The third kappa shape index (κ3) is 3.16. The second-order valence-electron chi connectivity index (χ2n) is 4.00. The van der Waals surface area contributed by atoms with Gasteiger partial charge in [0.1, 0.15) is 10.7 Å². The van der Waals surface area contributed by atoms with Crippen LogP contribution in [0.1, 0.15) is 21.7 Å². The molecule has 1 aromatic carbocycles. The van der Waals surface area contributed by atoms with Gasteiger partial charge in [-0.15, -0.1) is 0 Å². The van der Waals surface area contributed by atoms with Gasteiger partial charge in [-0.2, -0.15) is 0 Å². The van der Waals surface area contributed by atoms with E-state index in [0.29, 0.717) is 5.56 Å². The van der Waals surface area contributed by atoms with Crippen LogP contribution in [0, 0.1) is 17.0 Å². The number of furan rings is 1. The van der Waals surface area contributed by atoms with Gasteiger partial charge in [0, 0.05) is 5.56 Å². The molecule has 5 nitrogen and oxygen atoms in total. The van der Waals surface area contributed by atoms with Crippen LogP contribution in [0.5, 0.6) is 0 Å². The van der Waals surface area contributed by atoms with E-state index in [1.165, 1.54) is 24.3 Å². The van der Waals surface area contributed by atoms with Crippen molar-refractivity contribution in [1.82, 2.24) is 0 Å². The van der Waals surface area contributed by atoms with Gasteiger partial charge in [0.2, 0.25) is 0 Å². The molecule has 0 spiro atoms. The molecule has 0 N–H and O–H groups in total. The minimum atomic E-state index is -0.626. The summed E-state index contributed by atoms with van der Waals surface area (Å²) in [6.45, 7) is 1.94. The Balaban J connectivity index is 2.11. The van der Waals surface area contributed by atoms with Gasteiger partial charge in [-0.3, -0.25) is 14.9 Å². The predicted molar refractivity (Wildman–Crippen MR) is 69.9 cm³/mol. The fraction of sp³-hybridized carbons (Fsp3) is 0.0714. The third-order valence-corrected chi connectivity index (χ3v) is 2.53. The lowest BCUT2D eigenvalue weighted by molar-refractivity contribution is -0.402. The van der Waals surface area contributed by atoms with Gasteiger partial charge in [0.05, 0.1) is 6.07 Å². The Morgan fingerprint density at radius 1 is 1.21 bits per heavy atom. The Morgan fingerprint density at radius 3 is 2.47 bits per heavy atom. The topological polar surface area (TPSA) is 73.3 Å². The van der Waals surface area contributed by atoms with Crippen LogP contribution in [0.3, 0.4) is 0 Å². The first-order valence-electron chi connectivity index (χ1n) is 5.59. The average Bonchev–Trinajstić information content (AvgIpc) is 2.86. The van der Waals surface area contributed by atoms with E-state index in [1.54, 1.807) is 12.1 Å². The molecule has 19 heavy (non-hydrogen) atoms. The molecule has 0 aliphatic heterocycles. The van der Waals surface area contributed by atoms with Gasteiger partial charge in [0.15, 0.2) is 5.78 Å². The Hall–Kier alpha value is -2.69. The zero-order valence-electron chi connectivity index (χ0n) is 10.2. The van der Waals surface area contributed by atoms with Gasteiger partial charge < -0.3 is 4.42 Å². The van der Waals surface area contributed by atoms with Crippen molar-refractivity contribution in [2.45, 2.75) is 6.92 Å². The maximum atomic E-state index is 11.8. The molecule has 1 heterocycles. The maximum Gasteiger partial charge on any atom is 0.433 e. The molecule has 2 aromatic rings. The van der Waals surface area contributed by atoms with Crippen molar-refractivity contribution < 1.29 is 14.1 Å². The van der Waals surface area contributed by atoms with Crippen molar-refractivity contribution in [3.05, 3.63) is 69.5 Å². The van der Waals surface area contributed by atoms with E-state index in [-0.39, 0.29) is 17.4 Å². The van der Waals surface area contributed by atoms with E-state index in [1.807, 2.05) is 19.1 Å². The van der Waals surface area contributed by atoms with Crippen LogP contribution in [-0.4, -0.2) is 10.7 Å². The monoisotopic (exact) mass is 257 g/mol. The van der Waals surface area contributed by atoms with Crippen molar-refractivity contribution in [3.63, 3.8) is 0 Å². The number of carbonyl (C=O) groups is 1. The first kappa shape index (κ1) is 12.8. The molecule has 0 bridgehead atoms. The van der Waals surface area contributed by atoms with Crippen LogP contribution in [0.2, 0.25) is 0 Å². The summed E-state index contributed by atoms with van der Waals surface area (Å²) in [5, 5.41) is 10.4. The van der Waals surface area contributed by atoms with Crippen LogP contribution >= 0.6 is 0 Å². The smallest absolute Gasteiger partial charge is 0.401 e. The number of rotatable bonds is 4. The van der Waals surface area contributed by atoms with E-state index >= 15 is 0 Å².